The molecule has 2 aliphatic heterocycles. The average molecular weight is 647 g/mol. The average Bonchev–Trinajstić information content (AvgIpc) is 3.41. The quantitative estimate of drug-likeness (QED) is 0.375. The normalized spacial score (nSPS) is 25.3. The molecule has 3 atom stereocenters. The SMILES string of the molecule is CC(C)C1(F)Cc2cc3nc(C(N)=O)sc3nc2C([C@@H](CCN2CCC(O)CC2)c2ccc(N3CCOCS3(=O)=O)nc2)C1. The van der Waals surface area contributed by atoms with Gasteiger partial charge >= 0.3 is 0 Å². The highest BCUT2D eigenvalue weighted by Gasteiger charge is 2.46. The van der Waals surface area contributed by atoms with Crippen molar-refractivity contribution in [1.82, 2.24) is 19.9 Å². The number of rotatable bonds is 8. The summed E-state index contributed by atoms with van der Waals surface area (Å²) in [5, 5.41) is 10.2. The Hall–Kier alpha value is -2.78. The molecule has 3 aromatic heterocycles. The van der Waals surface area contributed by atoms with Gasteiger partial charge in [0.15, 0.2) is 10.9 Å². The number of alkyl halides is 1. The number of aliphatic hydroxyl groups is 1. The van der Waals surface area contributed by atoms with Crippen molar-refractivity contribution < 1.29 is 27.4 Å². The zero-order valence-corrected chi connectivity index (χ0v) is 26.6. The van der Waals surface area contributed by atoms with Gasteiger partial charge in [0, 0.05) is 37.3 Å². The van der Waals surface area contributed by atoms with E-state index >= 15 is 4.39 Å². The molecular formula is C30H39FN6O5S2. The summed E-state index contributed by atoms with van der Waals surface area (Å²) in [7, 11) is -3.63. The van der Waals surface area contributed by atoms with Crippen LogP contribution >= 0.6 is 11.3 Å². The minimum atomic E-state index is -3.63. The molecule has 1 amide bonds. The van der Waals surface area contributed by atoms with Gasteiger partial charge in [-0.15, -0.1) is 0 Å². The van der Waals surface area contributed by atoms with E-state index in [0.717, 1.165) is 60.6 Å². The monoisotopic (exact) mass is 646 g/mol. The number of nitrogens with two attached hydrogens (primary N) is 1. The smallest absolute Gasteiger partial charge is 0.277 e. The third-order valence-corrected chi connectivity index (χ3v) is 11.9. The predicted molar refractivity (Wildman–Crippen MR) is 166 cm³/mol. The lowest BCUT2D eigenvalue weighted by Crippen LogP contribution is -2.42. The molecule has 44 heavy (non-hydrogen) atoms. The van der Waals surface area contributed by atoms with E-state index in [2.05, 4.69) is 14.9 Å². The minimum Gasteiger partial charge on any atom is -0.393 e. The minimum absolute atomic E-state index is 0.170. The molecule has 14 heteroatoms. The van der Waals surface area contributed by atoms with Gasteiger partial charge in [0.05, 0.1) is 19.3 Å². The summed E-state index contributed by atoms with van der Waals surface area (Å²) < 4.78 is 48.5. The summed E-state index contributed by atoms with van der Waals surface area (Å²) >= 11 is 1.14. The number of sulfonamides is 1. The fourth-order valence-corrected chi connectivity index (χ4v) is 8.69. The number of thiazole rings is 1. The van der Waals surface area contributed by atoms with E-state index in [0.29, 0.717) is 22.6 Å². The Morgan fingerprint density at radius 1 is 1.25 bits per heavy atom. The molecule has 3 aliphatic rings. The van der Waals surface area contributed by atoms with Crippen molar-refractivity contribution in [3.8, 4) is 0 Å². The second-order valence-electron chi connectivity index (χ2n) is 12.5. The molecule has 6 rings (SSSR count). The van der Waals surface area contributed by atoms with Crippen LogP contribution in [0.5, 0.6) is 0 Å². The number of amides is 1. The molecule has 11 nitrogen and oxygen atoms in total. The summed E-state index contributed by atoms with van der Waals surface area (Å²) in [6, 6.07) is 5.48. The molecular weight excluding hydrogens is 607 g/mol. The second kappa shape index (κ2) is 12.2. The van der Waals surface area contributed by atoms with Crippen LogP contribution < -0.4 is 10.0 Å². The van der Waals surface area contributed by atoms with Crippen LogP contribution in [0.15, 0.2) is 24.4 Å². The highest BCUT2D eigenvalue weighted by molar-refractivity contribution is 7.92. The predicted octanol–water partition coefficient (Wildman–Crippen LogP) is 3.33. The van der Waals surface area contributed by atoms with Gasteiger partial charge in [-0.05, 0) is 67.3 Å². The molecule has 0 aromatic carbocycles. The third kappa shape index (κ3) is 6.19. The number of halogens is 1. The fraction of sp³-hybridized carbons (Fsp3) is 0.600. The number of nitrogens with zero attached hydrogens (tertiary/aromatic N) is 5. The van der Waals surface area contributed by atoms with Crippen molar-refractivity contribution >= 4 is 43.4 Å². The maximum Gasteiger partial charge on any atom is 0.277 e. The van der Waals surface area contributed by atoms with Gasteiger partial charge in [-0.25, -0.2) is 32.1 Å². The number of piperidine rings is 1. The first-order valence-corrected chi connectivity index (χ1v) is 17.6. The molecule has 1 aliphatic carbocycles. The van der Waals surface area contributed by atoms with Crippen LogP contribution in [0, 0.1) is 5.92 Å². The van der Waals surface area contributed by atoms with Gasteiger partial charge in [-0.2, -0.15) is 0 Å². The van der Waals surface area contributed by atoms with Gasteiger partial charge in [0.2, 0.25) is 0 Å². The Kier molecular flexibility index (Phi) is 8.65. The summed E-state index contributed by atoms with van der Waals surface area (Å²) in [5.74, 6) is -1.40. The second-order valence-corrected chi connectivity index (χ2v) is 15.4. The third-order valence-electron chi connectivity index (χ3n) is 9.40. The molecule has 0 saturated carbocycles. The van der Waals surface area contributed by atoms with Gasteiger partial charge in [0.25, 0.3) is 15.9 Å². The van der Waals surface area contributed by atoms with Crippen LogP contribution in [0.1, 0.15) is 78.0 Å². The Labute approximate surface area is 260 Å². The first-order valence-electron chi connectivity index (χ1n) is 15.2. The van der Waals surface area contributed by atoms with Crippen LogP contribution in [0.25, 0.3) is 10.3 Å². The van der Waals surface area contributed by atoms with E-state index in [9.17, 15) is 18.3 Å². The Balaban J connectivity index is 1.40. The number of aromatic nitrogens is 3. The number of carbonyl (C=O) groups excluding carboxylic acids is 1. The van der Waals surface area contributed by atoms with Gasteiger partial charge in [0.1, 0.15) is 21.8 Å². The number of likely N-dealkylation sites (tertiary alicyclic amines) is 1. The molecule has 0 spiro atoms. The highest BCUT2D eigenvalue weighted by Crippen LogP contribution is 2.50. The van der Waals surface area contributed by atoms with E-state index in [1.54, 1.807) is 12.3 Å². The molecule has 0 radical (unpaired) electrons. The molecule has 3 N–H and O–H groups in total. The molecule has 2 unspecified atom stereocenters. The topological polar surface area (TPSA) is 152 Å². The molecule has 3 aromatic rings. The van der Waals surface area contributed by atoms with Crippen LogP contribution in [-0.2, 0) is 21.2 Å². The van der Waals surface area contributed by atoms with Gasteiger partial charge in [-0.3, -0.25) is 4.79 Å². The summed E-state index contributed by atoms with van der Waals surface area (Å²) in [6.07, 6.45) is 4.03. The number of hydrogen-bond donors (Lipinski definition) is 2. The van der Waals surface area contributed by atoms with E-state index in [4.69, 9.17) is 15.5 Å². The molecule has 2 saturated heterocycles. The maximum absolute atomic E-state index is 16.8. The van der Waals surface area contributed by atoms with Crippen LogP contribution in [-0.4, -0.2) is 89.8 Å². The molecule has 0 bridgehead atoms. The first-order chi connectivity index (χ1) is 20.9. The molecule has 2 fully saturated rings. The zero-order valence-electron chi connectivity index (χ0n) is 25.0. The number of ether oxygens (including phenoxy) is 1. The van der Waals surface area contributed by atoms with E-state index in [1.807, 2.05) is 26.0 Å². The number of carbonyl (C=O) groups is 1. The van der Waals surface area contributed by atoms with Crippen molar-refractivity contribution in [2.24, 2.45) is 11.7 Å². The fourth-order valence-electron chi connectivity index (χ4n) is 6.71. The number of hydrogen-bond acceptors (Lipinski definition) is 10. The Bertz CT molecular complexity index is 1630. The lowest BCUT2D eigenvalue weighted by molar-refractivity contribution is 0.0612. The van der Waals surface area contributed by atoms with Crippen molar-refractivity contribution in [3.05, 3.63) is 46.2 Å². The van der Waals surface area contributed by atoms with E-state index < -0.39 is 21.6 Å². The van der Waals surface area contributed by atoms with Crippen LogP contribution in [0.4, 0.5) is 10.2 Å². The highest BCUT2D eigenvalue weighted by atomic mass is 32.2. The number of aliphatic hydroxyl groups excluding tert-OH is 1. The first kappa shape index (κ1) is 31.2. The summed E-state index contributed by atoms with van der Waals surface area (Å²) in [5.41, 5.74) is 7.02. The van der Waals surface area contributed by atoms with Crippen LogP contribution in [0.2, 0.25) is 0 Å². The number of pyridine rings is 2. The number of primary amides is 1. The molecule has 5 heterocycles. The summed E-state index contributed by atoms with van der Waals surface area (Å²) in [4.78, 5) is 28.8. The maximum atomic E-state index is 16.8. The standard InChI is InChI=1S/C30H39FN6O5S2/c1-18(2)30(31)14-20-13-24-28(43-29(34-24)27(32)39)35-26(20)23(15-30)22(7-10-36-8-5-21(38)6-9-36)19-3-4-25(33-16-19)37-11-12-42-17-44(37,40)41/h3-4,13,16,18,21-23,38H,5-12,14-15,17H2,1-2H3,(H2,32,39)/t22-,23?,30?/m0/s1. The van der Waals surface area contributed by atoms with Crippen molar-refractivity contribution in [3.63, 3.8) is 0 Å². The molecule has 238 valence electrons. The lowest BCUT2D eigenvalue weighted by atomic mass is 9.67. The number of fused-ring (bicyclic) bond motifs is 2. The largest absolute Gasteiger partial charge is 0.393 e. The van der Waals surface area contributed by atoms with Crippen molar-refractivity contribution in [2.45, 2.75) is 69.6 Å². The van der Waals surface area contributed by atoms with E-state index in [1.165, 1.54) is 4.31 Å². The van der Waals surface area contributed by atoms with Gasteiger partial charge in [-0.1, -0.05) is 31.3 Å². The zero-order chi connectivity index (χ0) is 31.2. The van der Waals surface area contributed by atoms with Crippen molar-refractivity contribution in [2.75, 3.05) is 43.0 Å². The Morgan fingerprint density at radius 2 is 2.02 bits per heavy atom. The van der Waals surface area contributed by atoms with E-state index in [-0.39, 0.29) is 60.8 Å². The van der Waals surface area contributed by atoms with Crippen molar-refractivity contribution in [1.29, 1.82) is 0 Å². The Morgan fingerprint density at radius 3 is 2.68 bits per heavy atom. The lowest BCUT2D eigenvalue weighted by Gasteiger charge is -2.42. The van der Waals surface area contributed by atoms with Crippen LogP contribution in [0.3, 0.4) is 0 Å². The van der Waals surface area contributed by atoms with Gasteiger partial charge < -0.3 is 20.5 Å². The number of anilines is 1. The summed E-state index contributed by atoms with van der Waals surface area (Å²) in [6.45, 7) is 6.60.